The van der Waals surface area contributed by atoms with Gasteiger partial charge in [0.15, 0.2) is 0 Å². The van der Waals surface area contributed by atoms with E-state index in [0.717, 1.165) is 6.33 Å². The molecule has 1 rings (SSSR count). The molecular formula is C5HN5. The summed E-state index contributed by atoms with van der Waals surface area (Å²) >= 11 is 0. The largest absolute Gasteiger partial charge is 0.236 e. The molecule has 5 heteroatoms. The molecule has 0 spiro atoms. The van der Waals surface area contributed by atoms with Crippen molar-refractivity contribution >= 4 is 0 Å². The molecule has 0 radical (unpaired) electrons. The summed E-state index contributed by atoms with van der Waals surface area (Å²) in [5.41, 5.74) is 0. The summed E-state index contributed by atoms with van der Waals surface area (Å²) in [6.45, 7) is 0. The first-order valence-corrected chi connectivity index (χ1v) is 2.36. The predicted octanol–water partition coefficient (Wildman–Crippen LogP) is -0.385. The van der Waals surface area contributed by atoms with Gasteiger partial charge in [0.1, 0.15) is 18.5 Å². The van der Waals surface area contributed by atoms with Crippen molar-refractivity contribution in [3.63, 3.8) is 0 Å². The summed E-state index contributed by atoms with van der Waals surface area (Å²) in [6, 6.07) is 3.38. The zero-order chi connectivity index (χ0) is 7.40. The van der Waals surface area contributed by atoms with Crippen LogP contribution in [0.25, 0.3) is 0 Å². The zero-order valence-electron chi connectivity index (χ0n) is 4.81. The third-order valence-corrected chi connectivity index (χ3v) is 0.772. The number of hydrogen-bond donors (Lipinski definition) is 0. The van der Waals surface area contributed by atoms with Gasteiger partial charge in [-0.2, -0.15) is 15.5 Å². The van der Waals surface area contributed by atoms with Crippen LogP contribution in [0.15, 0.2) is 6.33 Å². The smallest absolute Gasteiger partial charge is 0.207 e. The quantitative estimate of drug-likeness (QED) is 0.478. The molecule has 5 nitrogen and oxygen atoms in total. The Morgan fingerprint density at radius 3 is 2.00 bits per heavy atom. The molecule has 46 valence electrons. The SMILES string of the molecule is N#Cc1ncnc(C#N)n1. The average molecular weight is 131 g/mol. The van der Waals surface area contributed by atoms with Crippen molar-refractivity contribution in [3.05, 3.63) is 18.0 Å². The first-order valence-electron chi connectivity index (χ1n) is 2.36. The fraction of sp³-hybridized carbons (Fsp3) is 0. The maximum atomic E-state index is 8.25. The Labute approximate surface area is 56.6 Å². The van der Waals surface area contributed by atoms with Crippen molar-refractivity contribution in [2.75, 3.05) is 0 Å². The second-order valence-corrected chi connectivity index (χ2v) is 1.36. The summed E-state index contributed by atoms with van der Waals surface area (Å²) in [5.74, 6) is -0.0712. The van der Waals surface area contributed by atoms with Crippen LogP contribution in [0, 0.1) is 22.7 Å². The summed E-state index contributed by atoms with van der Waals surface area (Å²) in [6.07, 6.45) is 1.13. The van der Waals surface area contributed by atoms with E-state index < -0.39 is 0 Å². The lowest BCUT2D eigenvalue weighted by Gasteiger charge is -1.84. The fourth-order valence-corrected chi connectivity index (χ4v) is 0.404. The van der Waals surface area contributed by atoms with E-state index in [1.54, 1.807) is 12.1 Å². The maximum Gasteiger partial charge on any atom is 0.236 e. The van der Waals surface area contributed by atoms with Crippen LogP contribution >= 0.6 is 0 Å². The van der Waals surface area contributed by atoms with E-state index in [-0.39, 0.29) is 11.6 Å². The van der Waals surface area contributed by atoms with Gasteiger partial charge < -0.3 is 0 Å². The van der Waals surface area contributed by atoms with Crippen LogP contribution in [0.2, 0.25) is 0 Å². The highest BCUT2D eigenvalue weighted by molar-refractivity contribution is 5.14. The summed E-state index contributed by atoms with van der Waals surface area (Å²) in [5, 5.41) is 16.5. The Hall–Kier alpha value is -2.01. The minimum atomic E-state index is -0.0356. The molecule has 0 aromatic carbocycles. The molecule has 0 fully saturated rings. The second kappa shape index (κ2) is 2.51. The van der Waals surface area contributed by atoms with Crippen molar-refractivity contribution in [2.45, 2.75) is 0 Å². The first kappa shape index (κ1) is 6.12. The molecule has 0 saturated heterocycles. The molecule has 1 heterocycles. The van der Waals surface area contributed by atoms with Crippen molar-refractivity contribution < 1.29 is 0 Å². The molecular weight excluding hydrogens is 130 g/mol. The molecule has 0 bridgehead atoms. The van der Waals surface area contributed by atoms with Gasteiger partial charge in [0.25, 0.3) is 0 Å². The van der Waals surface area contributed by atoms with Crippen LogP contribution in [0.5, 0.6) is 0 Å². The van der Waals surface area contributed by atoms with Gasteiger partial charge in [-0.05, 0) is 0 Å². The Bertz CT molecular complexity index is 288. The molecule has 0 aliphatic heterocycles. The molecule has 0 saturated carbocycles. The van der Waals surface area contributed by atoms with Crippen molar-refractivity contribution in [3.8, 4) is 12.1 Å². The highest BCUT2D eigenvalue weighted by Crippen LogP contribution is 1.85. The highest BCUT2D eigenvalue weighted by atomic mass is 15.0. The average Bonchev–Trinajstić information content (AvgIpc) is 2.05. The topological polar surface area (TPSA) is 86.2 Å². The minimum absolute atomic E-state index is 0.0356. The van der Waals surface area contributed by atoms with Crippen LogP contribution in [0.4, 0.5) is 0 Å². The second-order valence-electron chi connectivity index (χ2n) is 1.36. The number of nitriles is 2. The summed E-state index contributed by atoms with van der Waals surface area (Å²) in [7, 11) is 0. The van der Waals surface area contributed by atoms with Gasteiger partial charge in [-0.15, -0.1) is 0 Å². The Morgan fingerprint density at radius 2 is 1.60 bits per heavy atom. The van der Waals surface area contributed by atoms with Crippen molar-refractivity contribution in [1.82, 2.24) is 15.0 Å². The molecule has 0 unspecified atom stereocenters. The highest BCUT2D eigenvalue weighted by Gasteiger charge is 1.95. The lowest BCUT2D eigenvalue weighted by Crippen LogP contribution is -1.94. The Balaban J connectivity index is 3.17. The molecule has 0 atom stereocenters. The van der Waals surface area contributed by atoms with E-state index >= 15 is 0 Å². The molecule has 0 aliphatic rings. The minimum Gasteiger partial charge on any atom is -0.207 e. The van der Waals surface area contributed by atoms with Gasteiger partial charge in [-0.25, -0.2) is 9.97 Å². The number of hydrogen-bond acceptors (Lipinski definition) is 5. The van der Waals surface area contributed by atoms with Crippen LogP contribution in [0.1, 0.15) is 11.6 Å². The van der Waals surface area contributed by atoms with Crippen molar-refractivity contribution in [1.29, 1.82) is 10.5 Å². The van der Waals surface area contributed by atoms with Crippen LogP contribution in [0.3, 0.4) is 0 Å². The van der Waals surface area contributed by atoms with E-state index in [2.05, 4.69) is 15.0 Å². The van der Waals surface area contributed by atoms with Crippen molar-refractivity contribution in [2.24, 2.45) is 0 Å². The van der Waals surface area contributed by atoms with Crippen LogP contribution in [-0.2, 0) is 0 Å². The summed E-state index contributed by atoms with van der Waals surface area (Å²) < 4.78 is 0. The van der Waals surface area contributed by atoms with Gasteiger partial charge in [-0.1, -0.05) is 0 Å². The predicted molar refractivity (Wildman–Crippen MR) is 29.3 cm³/mol. The molecule has 1 aromatic rings. The van der Waals surface area contributed by atoms with Gasteiger partial charge in [0.2, 0.25) is 11.6 Å². The van der Waals surface area contributed by atoms with Gasteiger partial charge in [0.05, 0.1) is 0 Å². The Kier molecular flexibility index (Phi) is 1.54. The van der Waals surface area contributed by atoms with Gasteiger partial charge >= 0.3 is 0 Å². The summed E-state index contributed by atoms with van der Waals surface area (Å²) in [4.78, 5) is 10.4. The fourth-order valence-electron chi connectivity index (χ4n) is 0.404. The van der Waals surface area contributed by atoms with Crippen LogP contribution < -0.4 is 0 Å². The lowest BCUT2D eigenvalue weighted by atomic mass is 10.6. The van der Waals surface area contributed by atoms with E-state index in [1.165, 1.54) is 0 Å². The zero-order valence-corrected chi connectivity index (χ0v) is 4.81. The maximum absolute atomic E-state index is 8.25. The van der Waals surface area contributed by atoms with Gasteiger partial charge in [0, 0.05) is 0 Å². The molecule has 0 N–H and O–H groups in total. The molecule has 1 aromatic heterocycles. The molecule has 0 aliphatic carbocycles. The van der Waals surface area contributed by atoms with E-state index in [9.17, 15) is 0 Å². The number of rotatable bonds is 0. The number of nitrogens with zero attached hydrogens (tertiary/aromatic N) is 5. The monoisotopic (exact) mass is 131 g/mol. The normalized spacial score (nSPS) is 7.80. The van der Waals surface area contributed by atoms with E-state index in [1.807, 2.05) is 0 Å². The van der Waals surface area contributed by atoms with E-state index in [4.69, 9.17) is 10.5 Å². The van der Waals surface area contributed by atoms with E-state index in [0.29, 0.717) is 0 Å². The standard InChI is InChI=1S/C5HN5/c6-1-4-8-3-9-5(2-7)10-4/h3H. The third kappa shape index (κ3) is 1.04. The Morgan fingerprint density at radius 1 is 1.10 bits per heavy atom. The number of aromatic nitrogens is 3. The van der Waals surface area contributed by atoms with Crippen LogP contribution in [-0.4, -0.2) is 15.0 Å². The first-order chi connectivity index (χ1) is 4.86. The lowest BCUT2D eigenvalue weighted by molar-refractivity contribution is 0.986. The van der Waals surface area contributed by atoms with Gasteiger partial charge in [-0.3, -0.25) is 0 Å². The molecule has 10 heavy (non-hydrogen) atoms. The molecule has 0 amide bonds. The third-order valence-electron chi connectivity index (χ3n) is 0.772.